The summed E-state index contributed by atoms with van der Waals surface area (Å²) < 4.78 is 50.4. The molecule has 1 aliphatic heterocycles. The van der Waals surface area contributed by atoms with Crippen LogP contribution in [0.2, 0.25) is 6.82 Å². The van der Waals surface area contributed by atoms with Gasteiger partial charge in [-0.05, 0) is 25.9 Å². The molecule has 6 nitrogen and oxygen atoms in total. The average Bonchev–Trinajstić information content (AvgIpc) is 3.04. The summed E-state index contributed by atoms with van der Waals surface area (Å²) in [6.45, 7) is 3.50. The minimum absolute atomic E-state index is 0.0436. The third-order valence-electron chi connectivity index (χ3n) is 4.76. The van der Waals surface area contributed by atoms with Crippen LogP contribution in [-0.2, 0) is 15.7 Å². The van der Waals surface area contributed by atoms with E-state index in [0.29, 0.717) is 5.39 Å². The third kappa shape index (κ3) is 4.07. The number of esters is 1. The molecule has 1 aliphatic rings. The highest BCUT2D eigenvalue weighted by Crippen LogP contribution is 2.36. The van der Waals surface area contributed by atoms with Gasteiger partial charge in [0.05, 0.1) is 12.6 Å². The highest BCUT2D eigenvalue weighted by atomic mass is 19.4. The first-order valence-electron chi connectivity index (χ1n) is 8.77. The molecule has 2 heterocycles. The van der Waals surface area contributed by atoms with Gasteiger partial charge in [-0.2, -0.15) is 13.2 Å². The van der Waals surface area contributed by atoms with Crippen molar-refractivity contribution in [1.82, 2.24) is 9.79 Å². The highest BCUT2D eigenvalue weighted by Gasteiger charge is 2.42. The Kier molecular flexibility index (Phi) is 5.54. The van der Waals surface area contributed by atoms with E-state index in [4.69, 9.17) is 9.47 Å². The van der Waals surface area contributed by atoms with Gasteiger partial charge < -0.3 is 19.3 Å². The monoisotopic (exact) mass is 396 g/mol. The molecule has 3 rings (SSSR count). The number of pyridine rings is 1. The Labute approximate surface area is 160 Å². The summed E-state index contributed by atoms with van der Waals surface area (Å²) in [4.78, 5) is 17.2. The number of methoxy groups -OCH3 is 1. The van der Waals surface area contributed by atoms with Gasteiger partial charge in [-0.1, -0.05) is 11.6 Å². The second kappa shape index (κ2) is 7.59. The van der Waals surface area contributed by atoms with Crippen LogP contribution in [0, 0.1) is 6.92 Å². The standard InChI is InChI=1S/C18H20BF3N2O4/c1-10-4-5-13-12(6-10)15(8-16(23-13)18(20,21)22)28-11-7-14(17(25)27-3)24(9-11)19(2)26/h4-6,8,11,14,26H,7,9H2,1-3H3/t11-,14+/m1/s1. The fourth-order valence-electron chi connectivity index (χ4n) is 3.42. The maximum Gasteiger partial charge on any atom is 0.433 e. The summed E-state index contributed by atoms with van der Waals surface area (Å²) in [5.74, 6) is -0.486. The van der Waals surface area contributed by atoms with Crippen molar-refractivity contribution in [1.29, 1.82) is 0 Å². The molecular weight excluding hydrogens is 376 g/mol. The molecule has 1 saturated heterocycles. The molecule has 0 spiro atoms. The fraction of sp³-hybridized carbons (Fsp3) is 0.444. The largest absolute Gasteiger partial charge is 0.488 e. The van der Waals surface area contributed by atoms with Crippen molar-refractivity contribution in [2.45, 2.75) is 38.5 Å². The second-order valence-electron chi connectivity index (χ2n) is 6.87. The van der Waals surface area contributed by atoms with Crippen LogP contribution < -0.4 is 4.74 Å². The Balaban J connectivity index is 1.97. The summed E-state index contributed by atoms with van der Waals surface area (Å²) in [6.07, 6.45) is -5.02. The Bertz CT molecular complexity index is 891. The summed E-state index contributed by atoms with van der Waals surface area (Å²) in [6, 6.07) is 5.04. The van der Waals surface area contributed by atoms with Crippen molar-refractivity contribution >= 4 is 23.9 Å². The topological polar surface area (TPSA) is 71.9 Å². The van der Waals surface area contributed by atoms with Crippen LogP contribution in [0.3, 0.4) is 0 Å². The summed E-state index contributed by atoms with van der Waals surface area (Å²) in [5, 5.41) is 10.4. The van der Waals surface area contributed by atoms with Gasteiger partial charge in [0.2, 0.25) is 0 Å². The number of rotatable bonds is 4. The van der Waals surface area contributed by atoms with Gasteiger partial charge in [-0.15, -0.1) is 0 Å². The predicted molar refractivity (Wildman–Crippen MR) is 96.9 cm³/mol. The van der Waals surface area contributed by atoms with E-state index < -0.39 is 37.0 Å². The molecule has 0 radical (unpaired) electrons. The molecule has 150 valence electrons. The third-order valence-corrected chi connectivity index (χ3v) is 4.76. The van der Waals surface area contributed by atoms with Crippen molar-refractivity contribution in [3.8, 4) is 5.75 Å². The molecule has 0 saturated carbocycles. The maximum absolute atomic E-state index is 13.2. The zero-order chi connectivity index (χ0) is 20.6. The van der Waals surface area contributed by atoms with E-state index in [0.717, 1.165) is 11.6 Å². The van der Waals surface area contributed by atoms with Crippen molar-refractivity contribution < 1.29 is 32.5 Å². The minimum atomic E-state index is -4.62. The molecule has 1 N–H and O–H groups in total. The number of aryl methyl sites for hydroxylation is 1. The average molecular weight is 396 g/mol. The number of hydrogen-bond donors (Lipinski definition) is 1. The van der Waals surface area contributed by atoms with Crippen molar-refractivity contribution in [2.24, 2.45) is 0 Å². The number of fused-ring (bicyclic) bond motifs is 1. The van der Waals surface area contributed by atoms with Crippen LogP contribution in [0.25, 0.3) is 10.9 Å². The molecule has 0 unspecified atom stereocenters. The minimum Gasteiger partial charge on any atom is -0.488 e. The molecule has 0 bridgehead atoms. The van der Waals surface area contributed by atoms with E-state index in [2.05, 4.69) is 4.98 Å². The molecule has 28 heavy (non-hydrogen) atoms. The molecule has 1 aromatic heterocycles. The van der Waals surface area contributed by atoms with Gasteiger partial charge in [0.25, 0.3) is 0 Å². The van der Waals surface area contributed by atoms with Crippen LogP contribution in [-0.4, -0.2) is 53.6 Å². The van der Waals surface area contributed by atoms with Crippen LogP contribution >= 0.6 is 0 Å². The van der Waals surface area contributed by atoms with Gasteiger partial charge in [-0.25, -0.2) is 4.98 Å². The summed E-state index contributed by atoms with van der Waals surface area (Å²) in [5.41, 5.74) is -0.0255. The highest BCUT2D eigenvalue weighted by molar-refractivity contribution is 6.45. The second-order valence-corrected chi connectivity index (χ2v) is 6.87. The molecule has 0 amide bonds. The molecule has 2 atom stereocenters. The van der Waals surface area contributed by atoms with Crippen molar-refractivity contribution in [2.75, 3.05) is 13.7 Å². The van der Waals surface area contributed by atoms with Crippen LogP contribution in [0.5, 0.6) is 5.75 Å². The quantitative estimate of drug-likeness (QED) is 0.633. The van der Waals surface area contributed by atoms with Crippen LogP contribution in [0.1, 0.15) is 17.7 Å². The number of hydrogen-bond acceptors (Lipinski definition) is 6. The molecular formula is C18H20BF3N2O4. The number of carbonyl (C=O) groups is 1. The Hall–Kier alpha value is -2.33. The number of carbonyl (C=O) groups excluding carboxylic acids is 1. The first kappa shape index (κ1) is 20.4. The Morgan fingerprint density at radius 3 is 2.68 bits per heavy atom. The van der Waals surface area contributed by atoms with Gasteiger partial charge in [0.15, 0.2) is 0 Å². The van der Waals surface area contributed by atoms with E-state index in [1.807, 2.05) is 6.92 Å². The van der Waals surface area contributed by atoms with Crippen LogP contribution in [0.4, 0.5) is 13.2 Å². The first-order chi connectivity index (χ1) is 13.1. The van der Waals surface area contributed by atoms with Gasteiger partial charge in [0, 0.05) is 24.4 Å². The van der Waals surface area contributed by atoms with E-state index in [-0.39, 0.29) is 24.2 Å². The van der Waals surface area contributed by atoms with Crippen molar-refractivity contribution in [3.05, 3.63) is 35.5 Å². The van der Waals surface area contributed by atoms with E-state index >= 15 is 0 Å². The lowest BCUT2D eigenvalue weighted by atomic mass is 9.84. The number of benzene rings is 1. The molecule has 1 fully saturated rings. The Morgan fingerprint density at radius 2 is 2.07 bits per heavy atom. The lowest BCUT2D eigenvalue weighted by Gasteiger charge is -2.22. The number of ether oxygens (including phenoxy) is 2. The first-order valence-corrected chi connectivity index (χ1v) is 8.77. The molecule has 10 heteroatoms. The zero-order valence-electron chi connectivity index (χ0n) is 15.7. The zero-order valence-corrected chi connectivity index (χ0v) is 15.7. The number of aromatic nitrogens is 1. The smallest absolute Gasteiger partial charge is 0.433 e. The van der Waals surface area contributed by atoms with Gasteiger partial charge >= 0.3 is 19.2 Å². The van der Waals surface area contributed by atoms with Gasteiger partial charge in [-0.3, -0.25) is 4.79 Å². The molecule has 1 aromatic carbocycles. The van der Waals surface area contributed by atoms with Crippen molar-refractivity contribution in [3.63, 3.8) is 0 Å². The maximum atomic E-state index is 13.2. The lowest BCUT2D eigenvalue weighted by Crippen LogP contribution is -2.45. The fourth-order valence-corrected chi connectivity index (χ4v) is 3.42. The predicted octanol–water partition coefficient (Wildman–Crippen LogP) is 2.67. The van der Waals surface area contributed by atoms with E-state index in [1.54, 1.807) is 12.1 Å². The Morgan fingerprint density at radius 1 is 1.36 bits per heavy atom. The molecule has 0 aliphatic carbocycles. The summed E-state index contributed by atoms with van der Waals surface area (Å²) in [7, 11) is 0.311. The molecule has 2 aromatic rings. The number of halogens is 3. The van der Waals surface area contributed by atoms with Gasteiger partial charge in [0.1, 0.15) is 23.6 Å². The van der Waals surface area contributed by atoms with E-state index in [1.165, 1.54) is 24.8 Å². The number of nitrogens with zero attached hydrogens (tertiary/aromatic N) is 2. The number of alkyl halides is 3. The normalized spacial score (nSPS) is 20.4. The van der Waals surface area contributed by atoms with E-state index in [9.17, 15) is 23.0 Å². The lowest BCUT2D eigenvalue weighted by molar-refractivity contribution is -0.144. The SMILES string of the molecule is COC(=O)[C@@H]1C[C@@H](Oc2cc(C(F)(F)F)nc3ccc(C)cc23)CN1B(C)O. The summed E-state index contributed by atoms with van der Waals surface area (Å²) >= 11 is 0. The van der Waals surface area contributed by atoms with Crippen LogP contribution in [0.15, 0.2) is 24.3 Å².